The van der Waals surface area contributed by atoms with Crippen LogP contribution in [0.5, 0.6) is 0 Å². The Hall–Kier alpha value is -1.94. The number of esters is 4. The summed E-state index contributed by atoms with van der Waals surface area (Å²) in [5, 5.41) is 10.6. The second-order valence-corrected chi connectivity index (χ2v) is 33.0. The highest BCUT2D eigenvalue weighted by molar-refractivity contribution is 7.47. The number of rotatable bonds is 80. The van der Waals surface area contributed by atoms with Gasteiger partial charge in [0.15, 0.2) is 12.2 Å². The van der Waals surface area contributed by atoms with Gasteiger partial charge in [0.2, 0.25) is 0 Å². The van der Waals surface area contributed by atoms with E-state index in [1.807, 2.05) is 0 Å². The molecule has 0 radical (unpaired) electrons. The first-order valence-corrected chi connectivity index (χ1v) is 45.0. The lowest BCUT2D eigenvalue weighted by molar-refractivity contribution is -0.161. The van der Waals surface area contributed by atoms with Crippen LogP contribution in [0.4, 0.5) is 0 Å². The number of carbonyl (C=O) groups is 4. The standard InChI is InChI=1S/C81H158O17P2/c1-7-9-11-13-15-17-18-19-22-30-35-41-47-53-59-65-80(85)97-76(69-91-78(83)63-57-51-45-37-16-14-12-10-8-2)71-95-99(87,88)93-67-75(82)68-94-100(89,90)96-72-77(98-81(86)66-60-54-48-42-36-31-26-21-24-28-33-39-44-50-56-62-74(5)6)70-92-79(84)64-58-52-46-40-34-29-25-20-23-27-32-38-43-49-55-61-73(3)4/h73-77,82H,7-72H2,1-6H3,(H,87,88)(H,89,90)/t75-,76+,77+/m0/s1. The van der Waals surface area contributed by atoms with E-state index in [-0.39, 0.29) is 25.7 Å². The number of ether oxygens (including phenoxy) is 4. The van der Waals surface area contributed by atoms with E-state index in [9.17, 15) is 43.2 Å². The van der Waals surface area contributed by atoms with Crippen LogP contribution in [-0.2, 0) is 65.4 Å². The zero-order valence-electron chi connectivity index (χ0n) is 65.5. The third kappa shape index (κ3) is 74.3. The molecule has 0 heterocycles. The van der Waals surface area contributed by atoms with Gasteiger partial charge in [-0.2, -0.15) is 0 Å². The number of hydrogen-bond acceptors (Lipinski definition) is 15. The first kappa shape index (κ1) is 98.1. The molecular formula is C81H158O17P2. The lowest BCUT2D eigenvalue weighted by Crippen LogP contribution is -2.30. The van der Waals surface area contributed by atoms with Crippen LogP contribution in [-0.4, -0.2) is 96.7 Å². The largest absolute Gasteiger partial charge is 0.472 e. The minimum absolute atomic E-state index is 0.108. The molecule has 0 rings (SSSR count). The highest BCUT2D eigenvalue weighted by atomic mass is 31.2. The molecule has 0 saturated carbocycles. The van der Waals surface area contributed by atoms with Gasteiger partial charge in [-0.15, -0.1) is 0 Å². The molecule has 2 unspecified atom stereocenters. The molecular weight excluding hydrogens is 1310 g/mol. The molecule has 0 spiro atoms. The number of hydrogen-bond donors (Lipinski definition) is 3. The first-order valence-electron chi connectivity index (χ1n) is 42.0. The van der Waals surface area contributed by atoms with Gasteiger partial charge in [-0.05, 0) is 37.5 Å². The topological polar surface area (TPSA) is 237 Å². The molecule has 594 valence electrons. The second kappa shape index (κ2) is 72.6. The van der Waals surface area contributed by atoms with Crippen molar-refractivity contribution in [1.29, 1.82) is 0 Å². The number of carbonyl (C=O) groups excluding carboxylic acids is 4. The van der Waals surface area contributed by atoms with Crippen LogP contribution in [0.25, 0.3) is 0 Å². The minimum atomic E-state index is -4.96. The van der Waals surface area contributed by atoms with Gasteiger partial charge in [0.25, 0.3) is 0 Å². The molecule has 5 atom stereocenters. The van der Waals surface area contributed by atoms with Crippen LogP contribution >= 0.6 is 15.6 Å². The molecule has 0 fully saturated rings. The lowest BCUT2D eigenvalue weighted by Gasteiger charge is -2.21. The average molecular weight is 1470 g/mol. The van der Waals surface area contributed by atoms with Gasteiger partial charge in [-0.25, -0.2) is 9.13 Å². The summed E-state index contributed by atoms with van der Waals surface area (Å²) < 4.78 is 68.7. The maximum atomic E-state index is 13.1. The van der Waals surface area contributed by atoms with Crippen molar-refractivity contribution in [2.24, 2.45) is 11.8 Å². The van der Waals surface area contributed by atoms with Crippen molar-refractivity contribution in [3.8, 4) is 0 Å². The highest BCUT2D eigenvalue weighted by Gasteiger charge is 2.30. The highest BCUT2D eigenvalue weighted by Crippen LogP contribution is 2.45. The van der Waals surface area contributed by atoms with Crippen molar-refractivity contribution in [2.45, 2.75) is 445 Å². The Morgan fingerprint density at radius 2 is 0.460 bits per heavy atom. The first-order chi connectivity index (χ1) is 48.4. The monoisotopic (exact) mass is 1470 g/mol. The van der Waals surface area contributed by atoms with Gasteiger partial charge >= 0.3 is 39.5 Å². The summed E-state index contributed by atoms with van der Waals surface area (Å²) in [6.07, 6.45) is 62.4. The zero-order valence-corrected chi connectivity index (χ0v) is 67.3. The summed E-state index contributed by atoms with van der Waals surface area (Å²) in [5.41, 5.74) is 0. The van der Waals surface area contributed by atoms with Crippen molar-refractivity contribution in [3.05, 3.63) is 0 Å². The van der Waals surface area contributed by atoms with Crippen LogP contribution in [0, 0.1) is 11.8 Å². The van der Waals surface area contributed by atoms with Crippen LogP contribution in [0.15, 0.2) is 0 Å². The average Bonchev–Trinajstić information content (AvgIpc) is 0.939. The van der Waals surface area contributed by atoms with E-state index in [0.29, 0.717) is 25.7 Å². The van der Waals surface area contributed by atoms with Crippen molar-refractivity contribution >= 4 is 39.5 Å². The lowest BCUT2D eigenvalue weighted by atomic mass is 10.0. The summed E-state index contributed by atoms with van der Waals surface area (Å²) >= 11 is 0. The Balaban J connectivity index is 5.22. The molecule has 0 saturated heterocycles. The molecule has 19 heteroatoms. The predicted octanol–water partition coefficient (Wildman–Crippen LogP) is 24.3. The molecule has 100 heavy (non-hydrogen) atoms. The Bertz CT molecular complexity index is 1920. The summed E-state index contributed by atoms with van der Waals surface area (Å²) in [4.78, 5) is 73.0. The predicted molar refractivity (Wildman–Crippen MR) is 409 cm³/mol. The number of phosphoric acid groups is 2. The summed E-state index contributed by atoms with van der Waals surface area (Å²) in [5.74, 6) is -0.499. The fraction of sp³-hybridized carbons (Fsp3) is 0.951. The Kier molecular flexibility index (Phi) is 71.2. The van der Waals surface area contributed by atoms with Gasteiger partial charge in [-0.1, -0.05) is 375 Å². The van der Waals surface area contributed by atoms with E-state index in [4.69, 9.17) is 37.0 Å². The minimum Gasteiger partial charge on any atom is -0.462 e. The van der Waals surface area contributed by atoms with Gasteiger partial charge in [-0.3, -0.25) is 37.3 Å². The molecule has 0 aromatic carbocycles. The molecule has 0 aromatic rings. The molecule has 0 aliphatic heterocycles. The molecule has 0 aromatic heterocycles. The summed E-state index contributed by atoms with van der Waals surface area (Å²) in [6.45, 7) is 9.68. The zero-order chi connectivity index (χ0) is 73.5. The number of aliphatic hydroxyl groups is 1. The van der Waals surface area contributed by atoms with Gasteiger partial charge in [0.1, 0.15) is 19.3 Å². The normalized spacial score (nSPS) is 13.9. The van der Waals surface area contributed by atoms with Gasteiger partial charge < -0.3 is 33.8 Å². The summed E-state index contributed by atoms with van der Waals surface area (Å²) in [6, 6.07) is 0. The molecule has 3 N–H and O–H groups in total. The van der Waals surface area contributed by atoms with Crippen LogP contribution < -0.4 is 0 Å². The maximum absolute atomic E-state index is 13.1. The molecule has 0 aliphatic carbocycles. The van der Waals surface area contributed by atoms with E-state index < -0.39 is 97.5 Å². The Morgan fingerprint density at radius 1 is 0.270 bits per heavy atom. The van der Waals surface area contributed by atoms with Crippen molar-refractivity contribution in [1.82, 2.24) is 0 Å². The fourth-order valence-corrected chi connectivity index (χ4v) is 14.1. The number of aliphatic hydroxyl groups excluding tert-OH is 1. The van der Waals surface area contributed by atoms with Crippen molar-refractivity contribution in [3.63, 3.8) is 0 Å². The van der Waals surface area contributed by atoms with Gasteiger partial charge in [0, 0.05) is 25.7 Å². The number of phosphoric ester groups is 2. The Labute approximate surface area is 613 Å². The van der Waals surface area contributed by atoms with E-state index in [2.05, 4.69) is 41.5 Å². The molecule has 0 bridgehead atoms. The van der Waals surface area contributed by atoms with E-state index in [1.54, 1.807) is 0 Å². The van der Waals surface area contributed by atoms with Crippen molar-refractivity contribution in [2.75, 3.05) is 39.6 Å². The second-order valence-electron chi connectivity index (χ2n) is 30.1. The number of unbranched alkanes of at least 4 members (excludes halogenated alkanes) is 50. The molecule has 0 amide bonds. The smallest absolute Gasteiger partial charge is 0.462 e. The van der Waals surface area contributed by atoms with E-state index in [1.165, 1.54) is 244 Å². The fourth-order valence-electron chi connectivity index (χ4n) is 12.5. The van der Waals surface area contributed by atoms with Crippen LogP contribution in [0.1, 0.15) is 427 Å². The third-order valence-electron chi connectivity index (χ3n) is 19.0. The summed E-state index contributed by atoms with van der Waals surface area (Å²) in [7, 11) is -9.92. The molecule has 0 aliphatic rings. The van der Waals surface area contributed by atoms with E-state index in [0.717, 1.165) is 102 Å². The third-order valence-corrected chi connectivity index (χ3v) is 20.9. The van der Waals surface area contributed by atoms with E-state index >= 15 is 0 Å². The SMILES string of the molecule is CCCCCCCCCCCCCCCCCC(=O)O[C@H](COC(=O)CCCCCCCCCCC)COP(=O)(O)OC[C@H](O)COP(=O)(O)OC[C@@H](COC(=O)CCCCCCCCCCCCCCCCCC(C)C)OC(=O)CCCCCCCCCCCCCCCCCC(C)C. The quantitative estimate of drug-likeness (QED) is 0.0222. The van der Waals surface area contributed by atoms with Crippen LogP contribution in [0.2, 0.25) is 0 Å². The van der Waals surface area contributed by atoms with Crippen LogP contribution in [0.3, 0.4) is 0 Å². The van der Waals surface area contributed by atoms with Gasteiger partial charge in [0.05, 0.1) is 26.4 Å². The maximum Gasteiger partial charge on any atom is 0.472 e. The molecule has 17 nitrogen and oxygen atoms in total. The van der Waals surface area contributed by atoms with Crippen molar-refractivity contribution < 1.29 is 80.2 Å². The Morgan fingerprint density at radius 3 is 0.680 bits per heavy atom.